The maximum atomic E-state index is 11.6. The number of hydrogen-bond donors (Lipinski definition) is 2. The van der Waals surface area contributed by atoms with Crippen molar-refractivity contribution in [2.75, 3.05) is 10.6 Å². The quantitative estimate of drug-likeness (QED) is 0.854. The van der Waals surface area contributed by atoms with E-state index < -0.39 is 0 Å². The first-order valence-electron chi connectivity index (χ1n) is 5.20. The molecule has 2 amide bonds. The lowest BCUT2D eigenvalue weighted by atomic mass is 10.2. The fraction of sp³-hybridized carbons (Fsp3) is 0.167. The van der Waals surface area contributed by atoms with Crippen LogP contribution in [0.25, 0.3) is 0 Å². The molecule has 1 heterocycles. The molecule has 0 spiro atoms. The highest BCUT2D eigenvalue weighted by molar-refractivity contribution is 7.13. The normalized spacial score (nSPS) is 10.0. The minimum Gasteiger partial charge on any atom is -0.308 e. The predicted molar refractivity (Wildman–Crippen MR) is 70.7 cm³/mol. The Morgan fingerprint density at radius 1 is 1.18 bits per heavy atom. The third-order valence-corrected chi connectivity index (χ3v) is 3.02. The monoisotopic (exact) mass is 247 g/mol. The van der Waals surface area contributed by atoms with Gasteiger partial charge < -0.3 is 5.32 Å². The van der Waals surface area contributed by atoms with Crippen LogP contribution in [0.3, 0.4) is 0 Å². The van der Waals surface area contributed by atoms with Crippen LogP contribution in [-0.4, -0.2) is 11.0 Å². The summed E-state index contributed by atoms with van der Waals surface area (Å²) < 4.78 is 0. The van der Waals surface area contributed by atoms with Crippen LogP contribution < -0.4 is 10.6 Å². The zero-order chi connectivity index (χ0) is 12.3. The van der Waals surface area contributed by atoms with E-state index >= 15 is 0 Å². The fourth-order valence-corrected chi connectivity index (χ4v) is 1.99. The number of nitrogens with one attached hydrogen (secondary N) is 2. The summed E-state index contributed by atoms with van der Waals surface area (Å²) in [5.41, 5.74) is 2.83. The number of aromatic nitrogens is 1. The van der Waals surface area contributed by atoms with Crippen molar-refractivity contribution < 1.29 is 4.79 Å². The largest absolute Gasteiger partial charge is 0.325 e. The van der Waals surface area contributed by atoms with Gasteiger partial charge in [0.1, 0.15) is 0 Å². The Bertz CT molecular complexity index is 519. The van der Waals surface area contributed by atoms with Gasteiger partial charge in [0.05, 0.1) is 5.69 Å². The molecule has 17 heavy (non-hydrogen) atoms. The number of benzene rings is 1. The average Bonchev–Trinajstić information content (AvgIpc) is 2.67. The van der Waals surface area contributed by atoms with E-state index in [2.05, 4.69) is 15.6 Å². The van der Waals surface area contributed by atoms with Gasteiger partial charge in [0.15, 0.2) is 5.13 Å². The molecule has 0 radical (unpaired) electrons. The summed E-state index contributed by atoms with van der Waals surface area (Å²) in [5.74, 6) is 0. The second-order valence-electron chi connectivity index (χ2n) is 3.74. The first kappa shape index (κ1) is 11.6. The van der Waals surface area contributed by atoms with E-state index in [9.17, 15) is 4.79 Å². The van der Waals surface area contributed by atoms with E-state index in [1.165, 1.54) is 11.3 Å². The van der Waals surface area contributed by atoms with E-state index in [4.69, 9.17) is 0 Å². The van der Waals surface area contributed by atoms with Crippen molar-refractivity contribution in [1.29, 1.82) is 0 Å². The van der Waals surface area contributed by atoms with Gasteiger partial charge in [-0.1, -0.05) is 17.7 Å². The zero-order valence-electron chi connectivity index (χ0n) is 9.65. The Kier molecular flexibility index (Phi) is 3.39. The highest BCUT2D eigenvalue weighted by atomic mass is 32.1. The van der Waals surface area contributed by atoms with E-state index in [1.54, 1.807) is 0 Å². The smallest absolute Gasteiger partial charge is 0.308 e. The van der Waals surface area contributed by atoms with Crippen molar-refractivity contribution >= 4 is 28.2 Å². The number of hydrogen-bond acceptors (Lipinski definition) is 3. The summed E-state index contributed by atoms with van der Waals surface area (Å²) in [7, 11) is 0. The van der Waals surface area contributed by atoms with Crippen molar-refractivity contribution in [2.45, 2.75) is 13.8 Å². The summed E-state index contributed by atoms with van der Waals surface area (Å²) >= 11 is 1.41. The number of amides is 2. The first-order valence-corrected chi connectivity index (χ1v) is 6.08. The van der Waals surface area contributed by atoms with Crippen molar-refractivity contribution in [3.05, 3.63) is 40.9 Å². The molecule has 0 fully saturated rings. The second kappa shape index (κ2) is 4.97. The number of carbonyl (C=O) groups is 1. The van der Waals surface area contributed by atoms with E-state index in [0.29, 0.717) is 5.13 Å². The molecule has 4 nitrogen and oxygen atoms in total. The van der Waals surface area contributed by atoms with Crippen LogP contribution in [0.15, 0.2) is 29.6 Å². The lowest BCUT2D eigenvalue weighted by Crippen LogP contribution is -2.19. The molecule has 0 bridgehead atoms. The minimum absolute atomic E-state index is 0.275. The predicted octanol–water partition coefficient (Wildman–Crippen LogP) is 3.40. The zero-order valence-corrected chi connectivity index (χ0v) is 10.5. The Balaban J connectivity index is 1.95. The maximum absolute atomic E-state index is 11.6. The lowest BCUT2D eigenvalue weighted by Gasteiger charge is -2.05. The Hall–Kier alpha value is -1.88. The molecular formula is C12H13N3OS. The molecule has 2 rings (SSSR count). The molecule has 1 aromatic carbocycles. The minimum atomic E-state index is -0.275. The van der Waals surface area contributed by atoms with E-state index in [1.807, 2.05) is 43.5 Å². The molecule has 0 unspecified atom stereocenters. The number of thiazole rings is 1. The first-order chi connectivity index (χ1) is 8.13. The van der Waals surface area contributed by atoms with E-state index in [0.717, 1.165) is 16.9 Å². The molecule has 0 aliphatic heterocycles. The summed E-state index contributed by atoms with van der Waals surface area (Å²) in [4.78, 5) is 15.8. The highest BCUT2D eigenvalue weighted by Gasteiger charge is 2.04. The molecule has 0 saturated carbocycles. The Morgan fingerprint density at radius 2 is 1.88 bits per heavy atom. The van der Waals surface area contributed by atoms with Gasteiger partial charge in [-0.2, -0.15) is 0 Å². The number of carbonyl (C=O) groups excluding carboxylic acids is 1. The van der Waals surface area contributed by atoms with Crippen molar-refractivity contribution in [2.24, 2.45) is 0 Å². The number of anilines is 2. The molecule has 0 aliphatic carbocycles. The lowest BCUT2D eigenvalue weighted by molar-refractivity contribution is 0.262. The van der Waals surface area contributed by atoms with Gasteiger partial charge in [-0.25, -0.2) is 9.78 Å². The van der Waals surface area contributed by atoms with Gasteiger partial charge in [0, 0.05) is 11.1 Å². The standard InChI is InChI=1S/C12H13N3OS/c1-8-3-5-10(6-4-8)14-11(16)15-12-13-9(2)7-17-12/h3-7H,1-2H3,(H2,13,14,15,16). The third-order valence-electron chi connectivity index (χ3n) is 2.15. The van der Waals surface area contributed by atoms with Crippen LogP contribution in [0.5, 0.6) is 0 Å². The molecule has 5 heteroatoms. The van der Waals surface area contributed by atoms with Crippen LogP contribution in [0.2, 0.25) is 0 Å². The summed E-state index contributed by atoms with van der Waals surface area (Å²) in [6.07, 6.45) is 0. The van der Waals surface area contributed by atoms with Gasteiger partial charge in [0.2, 0.25) is 0 Å². The number of nitrogens with zero attached hydrogens (tertiary/aromatic N) is 1. The van der Waals surface area contributed by atoms with E-state index in [-0.39, 0.29) is 6.03 Å². The summed E-state index contributed by atoms with van der Waals surface area (Å²) in [6.45, 7) is 3.89. The maximum Gasteiger partial charge on any atom is 0.325 e. The molecular weight excluding hydrogens is 234 g/mol. The van der Waals surface area contributed by atoms with Crippen LogP contribution in [0, 0.1) is 13.8 Å². The van der Waals surface area contributed by atoms with Crippen LogP contribution >= 0.6 is 11.3 Å². The van der Waals surface area contributed by atoms with Crippen molar-refractivity contribution in [3.63, 3.8) is 0 Å². The van der Waals surface area contributed by atoms with Crippen molar-refractivity contribution in [1.82, 2.24) is 4.98 Å². The number of aryl methyl sites for hydroxylation is 2. The van der Waals surface area contributed by atoms with Crippen LogP contribution in [0.4, 0.5) is 15.6 Å². The summed E-state index contributed by atoms with van der Waals surface area (Å²) in [6, 6.07) is 7.35. The van der Waals surface area contributed by atoms with Crippen LogP contribution in [-0.2, 0) is 0 Å². The Labute approximate surface area is 104 Å². The number of rotatable bonds is 2. The average molecular weight is 247 g/mol. The molecule has 0 atom stereocenters. The van der Waals surface area contributed by atoms with Gasteiger partial charge in [0.25, 0.3) is 0 Å². The molecule has 2 aromatic rings. The molecule has 88 valence electrons. The van der Waals surface area contributed by atoms with Gasteiger partial charge in [-0.05, 0) is 26.0 Å². The highest BCUT2D eigenvalue weighted by Crippen LogP contribution is 2.15. The second-order valence-corrected chi connectivity index (χ2v) is 4.60. The van der Waals surface area contributed by atoms with Gasteiger partial charge >= 0.3 is 6.03 Å². The van der Waals surface area contributed by atoms with Gasteiger partial charge in [-0.15, -0.1) is 11.3 Å². The molecule has 0 saturated heterocycles. The van der Waals surface area contributed by atoms with Crippen molar-refractivity contribution in [3.8, 4) is 0 Å². The SMILES string of the molecule is Cc1ccc(NC(=O)Nc2nc(C)cs2)cc1. The topological polar surface area (TPSA) is 54.0 Å². The summed E-state index contributed by atoms with van der Waals surface area (Å²) in [5, 5.41) is 7.92. The van der Waals surface area contributed by atoms with Gasteiger partial charge in [-0.3, -0.25) is 5.32 Å². The number of urea groups is 1. The Morgan fingerprint density at radius 3 is 2.47 bits per heavy atom. The van der Waals surface area contributed by atoms with Crippen LogP contribution in [0.1, 0.15) is 11.3 Å². The fourth-order valence-electron chi connectivity index (χ4n) is 1.31. The third kappa shape index (κ3) is 3.29. The molecule has 2 N–H and O–H groups in total. The molecule has 0 aliphatic rings. The molecule has 1 aromatic heterocycles.